The summed E-state index contributed by atoms with van der Waals surface area (Å²) in [5.41, 5.74) is 2.35. The summed E-state index contributed by atoms with van der Waals surface area (Å²) in [6, 6.07) is 3.45. The molecule has 0 saturated heterocycles. The molecule has 0 bridgehead atoms. The summed E-state index contributed by atoms with van der Waals surface area (Å²) in [4.78, 5) is 4.08. The summed E-state index contributed by atoms with van der Waals surface area (Å²) in [6.07, 6.45) is 0. The second-order valence-electron chi connectivity index (χ2n) is 3.41. The molecule has 1 nitrogen and oxygen atoms in total. The van der Waals surface area contributed by atoms with E-state index < -0.39 is 0 Å². The highest BCUT2D eigenvalue weighted by Crippen LogP contribution is 2.31. The molecule has 1 aromatic carbocycles. The van der Waals surface area contributed by atoms with Crippen molar-refractivity contribution in [2.24, 2.45) is 0 Å². The molecule has 0 aliphatic carbocycles. The van der Waals surface area contributed by atoms with Crippen LogP contribution in [0, 0.1) is 19.7 Å². The van der Waals surface area contributed by atoms with Crippen LogP contribution in [0.5, 0.6) is 0 Å². The maximum atomic E-state index is 13.7. The Kier molecular flexibility index (Phi) is 2.76. The zero-order valence-corrected chi connectivity index (χ0v) is 9.92. The van der Waals surface area contributed by atoms with Gasteiger partial charge in [-0.3, -0.25) is 0 Å². The van der Waals surface area contributed by atoms with E-state index in [0.717, 1.165) is 11.1 Å². The van der Waals surface area contributed by atoms with Crippen molar-refractivity contribution >= 4 is 22.9 Å². The van der Waals surface area contributed by atoms with Crippen molar-refractivity contribution in [3.63, 3.8) is 0 Å². The van der Waals surface area contributed by atoms with Gasteiger partial charge in [-0.2, -0.15) is 0 Å². The SMILES string of the molecule is Cc1cc(C)c(-c2nc(Cl)cs2)c(F)c1. The van der Waals surface area contributed by atoms with Gasteiger partial charge in [0.15, 0.2) is 0 Å². The van der Waals surface area contributed by atoms with Crippen molar-refractivity contribution in [3.05, 3.63) is 39.6 Å². The van der Waals surface area contributed by atoms with E-state index >= 15 is 0 Å². The van der Waals surface area contributed by atoms with Gasteiger partial charge in [0.05, 0.1) is 0 Å². The highest BCUT2D eigenvalue weighted by molar-refractivity contribution is 7.13. The Bertz CT molecular complexity index is 484. The van der Waals surface area contributed by atoms with Gasteiger partial charge < -0.3 is 0 Å². The predicted octanol–water partition coefficient (Wildman–Crippen LogP) is 4.22. The second-order valence-corrected chi connectivity index (χ2v) is 4.66. The van der Waals surface area contributed by atoms with Crippen LogP contribution in [-0.2, 0) is 0 Å². The lowest BCUT2D eigenvalue weighted by molar-refractivity contribution is 0.629. The molecule has 0 radical (unpaired) electrons. The molecule has 0 unspecified atom stereocenters. The normalized spacial score (nSPS) is 10.7. The monoisotopic (exact) mass is 241 g/mol. The molecule has 15 heavy (non-hydrogen) atoms. The first kappa shape index (κ1) is 10.6. The van der Waals surface area contributed by atoms with Crippen LogP contribution in [0.2, 0.25) is 5.15 Å². The Labute approximate surface area is 96.5 Å². The average molecular weight is 242 g/mol. The van der Waals surface area contributed by atoms with Crippen LogP contribution in [0.25, 0.3) is 10.6 Å². The summed E-state index contributed by atoms with van der Waals surface area (Å²) in [5, 5.41) is 2.75. The van der Waals surface area contributed by atoms with Gasteiger partial charge in [0.25, 0.3) is 0 Å². The number of thiazole rings is 1. The largest absolute Gasteiger partial charge is 0.224 e. The number of aromatic nitrogens is 1. The number of hydrogen-bond donors (Lipinski definition) is 0. The Morgan fingerprint density at radius 3 is 2.60 bits per heavy atom. The molecule has 78 valence electrons. The summed E-state index contributed by atoms with van der Waals surface area (Å²) < 4.78 is 13.7. The molecule has 0 spiro atoms. The molecule has 0 aliphatic heterocycles. The summed E-state index contributed by atoms with van der Waals surface area (Å²) >= 11 is 7.08. The first-order chi connectivity index (χ1) is 7.08. The van der Waals surface area contributed by atoms with Gasteiger partial charge in [-0.15, -0.1) is 11.3 Å². The minimum absolute atomic E-state index is 0.237. The second kappa shape index (κ2) is 3.91. The number of rotatable bonds is 1. The van der Waals surface area contributed by atoms with Gasteiger partial charge in [-0.1, -0.05) is 17.7 Å². The molecular weight excluding hydrogens is 233 g/mol. The van der Waals surface area contributed by atoms with Crippen molar-refractivity contribution in [1.29, 1.82) is 0 Å². The zero-order chi connectivity index (χ0) is 11.0. The number of nitrogens with zero attached hydrogens (tertiary/aromatic N) is 1. The molecule has 4 heteroatoms. The lowest BCUT2D eigenvalue weighted by atomic mass is 10.1. The summed E-state index contributed by atoms with van der Waals surface area (Å²) in [5.74, 6) is -0.237. The standard InChI is InChI=1S/C11H9ClFNS/c1-6-3-7(2)10(8(13)4-6)11-14-9(12)5-15-11/h3-5H,1-2H3. The third kappa shape index (κ3) is 2.03. The number of benzene rings is 1. The van der Waals surface area contributed by atoms with Gasteiger partial charge in [-0.25, -0.2) is 9.37 Å². The smallest absolute Gasteiger partial charge is 0.140 e. The first-order valence-corrected chi connectivity index (χ1v) is 5.72. The van der Waals surface area contributed by atoms with Crippen LogP contribution in [0.4, 0.5) is 4.39 Å². The fraction of sp³-hybridized carbons (Fsp3) is 0.182. The van der Waals surface area contributed by atoms with Crippen molar-refractivity contribution in [2.45, 2.75) is 13.8 Å². The topological polar surface area (TPSA) is 12.9 Å². The maximum absolute atomic E-state index is 13.7. The average Bonchev–Trinajstić information content (AvgIpc) is 2.49. The van der Waals surface area contributed by atoms with Crippen LogP contribution >= 0.6 is 22.9 Å². The molecule has 2 aromatic rings. The molecule has 1 aromatic heterocycles. The van der Waals surface area contributed by atoms with E-state index in [1.165, 1.54) is 17.4 Å². The maximum Gasteiger partial charge on any atom is 0.140 e. The Morgan fingerprint density at radius 1 is 1.33 bits per heavy atom. The Balaban J connectivity index is 2.62. The van der Waals surface area contributed by atoms with Crippen LogP contribution < -0.4 is 0 Å². The van der Waals surface area contributed by atoms with E-state index in [0.29, 0.717) is 15.7 Å². The van der Waals surface area contributed by atoms with Gasteiger partial charge in [0, 0.05) is 10.9 Å². The molecule has 2 rings (SSSR count). The van der Waals surface area contributed by atoms with Gasteiger partial charge in [-0.05, 0) is 31.0 Å². The molecule has 0 amide bonds. The minimum Gasteiger partial charge on any atom is -0.224 e. The molecule has 0 saturated carbocycles. The lowest BCUT2D eigenvalue weighted by Gasteiger charge is -2.05. The molecule has 0 N–H and O–H groups in total. The van der Waals surface area contributed by atoms with E-state index in [1.54, 1.807) is 5.38 Å². The molecule has 0 atom stereocenters. The summed E-state index contributed by atoms with van der Waals surface area (Å²) in [6.45, 7) is 3.75. The molecule has 0 aliphatic rings. The van der Waals surface area contributed by atoms with Gasteiger partial charge in [0.1, 0.15) is 16.0 Å². The first-order valence-electron chi connectivity index (χ1n) is 4.46. The third-order valence-corrected chi connectivity index (χ3v) is 3.30. The van der Waals surface area contributed by atoms with E-state index in [-0.39, 0.29) is 5.82 Å². The van der Waals surface area contributed by atoms with Gasteiger partial charge >= 0.3 is 0 Å². The molecule has 1 heterocycles. The van der Waals surface area contributed by atoms with Crippen molar-refractivity contribution in [3.8, 4) is 10.6 Å². The lowest BCUT2D eigenvalue weighted by Crippen LogP contribution is -1.90. The summed E-state index contributed by atoms with van der Waals surface area (Å²) in [7, 11) is 0. The zero-order valence-electron chi connectivity index (χ0n) is 8.34. The Morgan fingerprint density at radius 2 is 2.07 bits per heavy atom. The van der Waals surface area contributed by atoms with Crippen molar-refractivity contribution < 1.29 is 4.39 Å². The highest BCUT2D eigenvalue weighted by atomic mass is 35.5. The highest BCUT2D eigenvalue weighted by Gasteiger charge is 2.12. The van der Waals surface area contributed by atoms with E-state index in [9.17, 15) is 4.39 Å². The van der Waals surface area contributed by atoms with E-state index in [1.807, 2.05) is 19.9 Å². The minimum atomic E-state index is -0.237. The quantitative estimate of drug-likeness (QED) is 0.729. The molecule has 0 fully saturated rings. The fourth-order valence-electron chi connectivity index (χ4n) is 1.56. The predicted molar refractivity (Wildman–Crippen MR) is 62.0 cm³/mol. The number of halogens is 2. The molecular formula is C11H9ClFNS. The van der Waals surface area contributed by atoms with E-state index in [4.69, 9.17) is 11.6 Å². The van der Waals surface area contributed by atoms with Gasteiger partial charge in [0.2, 0.25) is 0 Å². The van der Waals surface area contributed by atoms with E-state index in [2.05, 4.69) is 4.98 Å². The Hall–Kier alpha value is -0.930. The number of hydrogen-bond acceptors (Lipinski definition) is 2. The van der Waals surface area contributed by atoms with Crippen molar-refractivity contribution in [1.82, 2.24) is 4.98 Å². The third-order valence-electron chi connectivity index (χ3n) is 2.12. The van der Waals surface area contributed by atoms with Crippen molar-refractivity contribution in [2.75, 3.05) is 0 Å². The van der Waals surface area contributed by atoms with Crippen LogP contribution in [0.15, 0.2) is 17.5 Å². The number of aryl methyl sites for hydroxylation is 2. The van der Waals surface area contributed by atoms with Crippen LogP contribution in [0.3, 0.4) is 0 Å². The van der Waals surface area contributed by atoms with Crippen LogP contribution in [-0.4, -0.2) is 4.98 Å². The van der Waals surface area contributed by atoms with Crippen LogP contribution in [0.1, 0.15) is 11.1 Å². The fourth-order valence-corrected chi connectivity index (χ4v) is 2.61.